The van der Waals surface area contributed by atoms with Gasteiger partial charge >= 0.3 is 0 Å². The van der Waals surface area contributed by atoms with Gasteiger partial charge in [0.05, 0.1) is 4.88 Å². The maximum atomic E-state index is 4.26. The fourth-order valence-corrected chi connectivity index (χ4v) is 1.79. The van der Waals surface area contributed by atoms with Gasteiger partial charge < -0.3 is 0 Å². The number of nitrogens with zero attached hydrogens (tertiary/aromatic N) is 3. The van der Waals surface area contributed by atoms with Gasteiger partial charge in [-0.25, -0.2) is 15.0 Å². The van der Waals surface area contributed by atoms with Crippen LogP contribution in [0.5, 0.6) is 0 Å². The van der Waals surface area contributed by atoms with Crippen molar-refractivity contribution in [3.63, 3.8) is 0 Å². The molecule has 0 unspecified atom stereocenters. The van der Waals surface area contributed by atoms with Crippen LogP contribution in [-0.2, 0) is 0 Å². The van der Waals surface area contributed by atoms with Gasteiger partial charge in [-0.2, -0.15) is 0 Å². The van der Waals surface area contributed by atoms with Crippen molar-refractivity contribution in [1.29, 1.82) is 0 Å². The molecule has 0 bridgehead atoms. The minimum atomic E-state index is 0.774. The van der Waals surface area contributed by atoms with Crippen molar-refractivity contribution in [3.8, 4) is 10.7 Å². The van der Waals surface area contributed by atoms with Gasteiger partial charge in [0.2, 0.25) is 0 Å². The van der Waals surface area contributed by atoms with E-state index in [-0.39, 0.29) is 0 Å². The Morgan fingerprint density at radius 3 is 2.31 bits per heavy atom. The Labute approximate surface area is 80.5 Å². The van der Waals surface area contributed by atoms with Crippen molar-refractivity contribution in [2.45, 2.75) is 13.8 Å². The molecule has 0 aliphatic rings. The summed E-state index contributed by atoms with van der Waals surface area (Å²) in [5.41, 5.74) is 0. The van der Waals surface area contributed by atoms with Crippen LogP contribution in [0.3, 0.4) is 0 Å². The SMILES string of the molecule is Cc1nc(C)nc(-c2cccs2)n1. The van der Waals surface area contributed by atoms with Crippen LogP contribution in [0.15, 0.2) is 17.5 Å². The number of hydrogen-bond donors (Lipinski definition) is 0. The third-order valence-corrected chi connectivity index (χ3v) is 2.47. The minimum absolute atomic E-state index is 0.774. The molecule has 0 aliphatic heterocycles. The van der Waals surface area contributed by atoms with E-state index in [2.05, 4.69) is 15.0 Å². The van der Waals surface area contributed by atoms with Gasteiger partial charge in [0, 0.05) is 0 Å². The summed E-state index contributed by atoms with van der Waals surface area (Å²) in [5, 5.41) is 2.02. The summed E-state index contributed by atoms with van der Waals surface area (Å²) in [6.45, 7) is 3.76. The second-order valence-electron chi connectivity index (χ2n) is 2.73. The van der Waals surface area contributed by atoms with Gasteiger partial charge in [-0.3, -0.25) is 0 Å². The summed E-state index contributed by atoms with van der Waals surface area (Å²) in [4.78, 5) is 13.7. The van der Waals surface area contributed by atoms with E-state index >= 15 is 0 Å². The molecule has 2 heterocycles. The van der Waals surface area contributed by atoms with Crippen molar-refractivity contribution in [2.24, 2.45) is 0 Å². The zero-order chi connectivity index (χ0) is 9.26. The van der Waals surface area contributed by atoms with E-state index in [4.69, 9.17) is 0 Å². The number of hydrogen-bond acceptors (Lipinski definition) is 4. The highest BCUT2D eigenvalue weighted by atomic mass is 32.1. The minimum Gasteiger partial charge on any atom is -0.219 e. The van der Waals surface area contributed by atoms with Crippen molar-refractivity contribution >= 4 is 11.3 Å². The van der Waals surface area contributed by atoms with Crippen LogP contribution in [0.25, 0.3) is 10.7 Å². The predicted octanol–water partition coefficient (Wildman–Crippen LogP) is 2.22. The molecule has 66 valence electrons. The maximum Gasteiger partial charge on any atom is 0.173 e. The molecule has 0 saturated carbocycles. The van der Waals surface area contributed by atoms with Crippen LogP contribution in [-0.4, -0.2) is 15.0 Å². The summed E-state index contributed by atoms with van der Waals surface area (Å²) < 4.78 is 0. The van der Waals surface area contributed by atoms with E-state index in [1.165, 1.54) is 0 Å². The van der Waals surface area contributed by atoms with Crippen molar-refractivity contribution in [2.75, 3.05) is 0 Å². The lowest BCUT2D eigenvalue weighted by Gasteiger charge is -1.98. The van der Waals surface area contributed by atoms with Crippen LogP contribution >= 0.6 is 11.3 Å². The van der Waals surface area contributed by atoms with E-state index in [0.717, 1.165) is 22.4 Å². The first-order valence-corrected chi connectivity index (χ1v) is 4.87. The van der Waals surface area contributed by atoms with Crippen LogP contribution in [0.1, 0.15) is 11.6 Å². The Hall–Kier alpha value is -1.29. The average Bonchev–Trinajstić information content (AvgIpc) is 2.53. The molecule has 13 heavy (non-hydrogen) atoms. The van der Waals surface area contributed by atoms with E-state index in [0.29, 0.717) is 0 Å². The lowest BCUT2D eigenvalue weighted by molar-refractivity contribution is 0.931. The second-order valence-corrected chi connectivity index (χ2v) is 3.68. The fraction of sp³-hybridized carbons (Fsp3) is 0.222. The highest BCUT2D eigenvalue weighted by Crippen LogP contribution is 2.20. The Bertz CT molecular complexity index is 389. The monoisotopic (exact) mass is 191 g/mol. The molecule has 0 N–H and O–H groups in total. The first-order chi connectivity index (χ1) is 6.25. The van der Waals surface area contributed by atoms with Crippen LogP contribution in [0.2, 0.25) is 0 Å². The predicted molar refractivity (Wildman–Crippen MR) is 52.6 cm³/mol. The van der Waals surface area contributed by atoms with Gasteiger partial charge in [0.1, 0.15) is 11.6 Å². The molecule has 0 spiro atoms. The smallest absolute Gasteiger partial charge is 0.173 e. The van der Waals surface area contributed by atoms with E-state index in [1.807, 2.05) is 31.4 Å². The molecule has 0 atom stereocenters. The summed E-state index contributed by atoms with van der Waals surface area (Å²) in [6.07, 6.45) is 0. The van der Waals surface area contributed by atoms with Gasteiger partial charge in [0.15, 0.2) is 5.82 Å². The normalized spacial score (nSPS) is 10.3. The van der Waals surface area contributed by atoms with Gasteiger partial charge in [0.25, 0.3) is 0 Å². The largest absolute Gasteiger partial charge is 0.219 e. The van der Waals surface area contributed by atoms with E-state index in [1.54, 1.807) is 11.3 Å². The first kappa shape index (κ1) is 8.31. The third kappa shape index (κ3) is 1.72. The molecule has 0 aliphatic carbocycles. The average molecular weight is 191 g/mol. The maximum absolute atomic E-state index is 4.26. The number of thiophene rings is 1. The highest BCUT2D eigenvalue weighted by molar-refractivity contribution is 7.13. The van der Waals surface area contributed by atoms with Crippen LogP contribution in [0, 0.1) is 13.8 Å². The van der Waals surface area contributed by atoms with Crippen molar-refractivity contribution in [3.05, 3.63) is 29.2 Å². The van der Waals surface area contributed by atoms with E-state index in [9.17, 15) is 0 Å². The van der Waals surface area contributed by atoms with Crippen LogP contribution < -0.4 is 0 Å². The quantitative estimate of drug-likeness (QED) is 0.693. The molecule has 0 radical (unpaired) electrons. The number of rotatable bonds is 1. The zero-order valence-corrected chi connectivity index (χ0v) is 8.30. The molecule has 0 saturated heterocycles. The zero-order valence-electron chi connectivity index (χ0n) is 7.48. The van der Waals surface area contributed by atoms with Crippen LogP contribution in [0.4, 0.5) is 0 Å². The molecule has 2 rings (SSSR count). The number of aryl methyl sites for hydroxylation is 2. The fourth-order valence-electron chi connectivity index (χ4n) is 1.13. The molecule has 3 nitrogen and oxygen atoms in total. The first-order valence-electron chi connectivity index (χ1n) is 3.99. The Kier molecular flexibility index (Phi) is 2.06. The van der Waals surface area contributed by atoms with Crippen molar-refractivity contribution < 1.29 is 0 Å². The summed E-state index contributed by atoms with van der Waals surface area (Å²) in [5.74, 6) is 2.33. The summed E-state index contributed by atoms with van der Waals surface area (Å²) >= 11 is 1.64. The third-order valence-electron chi connectivity index (χ3n) is 1.60. The summed E-state index contributed by atoms with van der Waals surface area (Å²) in [6, 6.07) is 4.01. The Morgan fingerprint density at radius 2 is 1.77 bits per heavy atom. The molecule has 0 fully saturated rings. The molecule has 2 aromatic rings. The van der Waals surface area contributed by atoms with Gasteiger partial charge in [-0.15, -0.1) is 11.3 Å². The number of aromatic nitrogens is 3. The Balaban J connectivity index is 2.53. The second kappa shape index (κ2) is 3.22. The molecule has 0 aromatic carbocycles. The Morgan fingerprint density at radius 1 is 1.08 bits per heavy atom. The molecule has 2 aromatic heterocycles. The highest BCUT2D eigenvalue weighted by Gasteiger charge is 2.03. The van der Waals surface area contributed by atoms with Gasteiger partial charge in [-0.1, -0.05) is 6.07 Å². The standard InChI is InChI=1S/C9H9N3S/c1-6-10-7(2)12-9(11-6)8-4-3-5-13-8/h3-5H,1-2H3. The lowest BCUT2D eigenvalue weighted by Crippen LogP contribution is -1.97. The molecule has 4 heteroatoms. The van der Waals surface area contributed by atoms with E-state index < -0.39 is 0 Å². The van der Waals surface area contributed by atoms with Crippen molar-refractivity contribution in [1.82, 2.24) is 15.0 Å². The topological polar surface area (TPSA) is 38.7 Å². The molecular weight excluding hydrogens is 182 g/mol. The molecule has 0 amide bonds. The summed E-state index contributed by atoms with van der Waals surface area (Å²) in [7, 11) is 0. The molecular formula is C9H9N3S. The lowest BCUT2D eigenvalue weighted by atomic mass is 10.4. The van der Waals surface area contributed by atoms with Gasteiger partial charge in [-0.05, 0) is 25.3 Å².